The van der Waals surface area contributed by atoms with E-state index in [1.165, 1.54) is 4.68 Å². The number of amides is 1. The van der Waals surface area contributed by atoms with Crippen LogP contribution in [0.15, 0.2) is 42.5 Å². The number of hydrogen-bond donors (Lipinski definition) is 3. The van der Waals surface area contributed by atoms with Crippen LogP contribution in [0.4, 0.5) is 24.8 Å². The molecule has 2 aromatic heterocycles. The third kappa shape index (κ3) is 5.26. The summed E-state index contributed by atoms with van der Waals surface area (Å²) in [6.07, 6.45) is -5.13. The third-order valence-corrected chi connectivity index (χ3v) is 7.87. The summed E-state index contributed by atoms with van der Waals surface area (Å²) in [5, 5.41) is 17.7. The lowest BCUT2D eigenvalue weighted by molar-refractivity contribution is -0.146. The largest absolute Gasteiger partial charge is 0.481 e. The van der Waals surface area contributed by atoms with Crippen LogP contribution < -0.4 is 11.1 Å². The fraction of sp³-hybridized carbons (Fsp3) is 0.345. The molecule has 220 valence electrons. The van der Waals surface area contributed by atoms with Crippen molar-refractivity contribution in [3.63, 3.8) is 0 Å². The number of anilines is 2. The van der Waals surface area contributed by atoms with Gasteiger partial charge in [-0.2, -0.15) is 18.3 Å². The molecule has 3 heterocycles. The molecule has 2 aromatic carbocycles. The fourth-order valence-corrected chi connectivity index (χ4v) is 5.41. The van der Waals surface area contributed by atoms with Crippen molar-refractivity contribution in [2.45, 2.75) is 58.2 Å². The highest BCUT2D eigenvalue weighted by molar-refractivity contribution is 6.31. The SMILES string of the molecule is CC(C)(Cc1ccc(C2(C)C(=O)Nc3nc(-c4nn(CCCC(F)(F)F)c5cc(Cl)ccc45)nc(N)c32)cc1)C(=O)O. The Kier molecular flexibility index (Phi) is 7.16. The number of rotatable bonds is 8. The van der Waals surface area contributed by atoms with Crippen LogP contribution in [-0.2, 0) is 28.0 Å². The molecule has 1 amide bonds. The maximum atomic E-state index is 13.4. The van der Waals surface area contributed by atoms with E-state index in [0.717, 1.165) is 5.56 Å². The van der Waals surface area contributed by atoms with Gasteiger partial charge in [0.05, 0.1) is 16.5 Å². The van der Waals surface area contributed by atoms with E-state index < -0.39 is 29.4 Å². The Morgan fingerprint density at radius 2 is 1.83 bits per heavy atom. The Balaban J connectivity index is 1.52. The first-order valence-electron chi connectivity index (χ1n) is 13.2. The first kappa shape index (κ1) is 29.3. The molecule has 0 saturated heterocycles. The number of aromatic nitrogens is 4. The van der Waals surface area contributed by atoms with Crippen LogP contribution in [0.2, 0.25) is 5.02 Å². The van der Waals surface area contributed by atoms with Gasteiger partial charge in [-0.3, -0.25) is 14.3 Å². The predicted molar refractivity (Wildman–Crippen MR) is 152 cm³/mol. The fourth-order valence-electron chi connectivity index (χ4n) is 5.24. The van der Waals surface area contributed by atoms with Crippen LogP contribution in [-0.4, -0.2) is 42.9 Å². The number of carboxylic acids is 1. The summed E-state index contributed by atoms with van der Waals surface area (Å²) in [6, 6.07) is 12.0. The third-order valence-electron chi connectivity index (χ3n) is 7.64. The maximum absolute atomic E-state index is 13.4. The van der Waals surface area contributed by atoms with Crippen molar-refractivity contribution in [2.75, 3.05) is 11.1 Å². The summed E-state index contributed by atoms with van der Waals surface area (Å²) in [6.45, 7) is 4.98. The Morgan fingerprint density at radius 1 is 1.14 bits per heavy atom. The standard InChI is InChI=1S/C29H28ClF3N6O3/c1-27(2,26(41)42)14-15-5-7-16(8-6-15)28(3)20-22(34)35-24(36-23(20)37-25(28)40)21-18-10-9-17(30)13-19(18)39(38-21)12-4-11-29(31,32)33/h5-10,13H,4,11-12,14H2,1-3H3,(H,41,42)(H3,34,35,36,37,40). The first-order chi connectivity index (χ1) is 19.6. The van der Waals surface area contributed by atoms with E-state index in [0.29, 0.717) is 33.5 Å². The summed E-state index contributed by atoms with van der Waals surface area (Å²) >= 11 is 6.17. The number of benzene rings is 2. The highest BCUT2D eigenvalue weighted by atomic mass is 35.5. The van der Waals surface area contributed by atoms with Crippen LogP contribution in [0.3, 0.4) is 0 Å². The molecule has 9 nitrogen and oxygen atoms in total. The van der Waals surface area contributed by atoms with E-state index in [4.69, 9.17) is 17.3 Å². The number of nitrogens with two attached hydrogens (primary N) is 1. The van der Waals surface area contributed by atoms with Gasteiger partial charge in [0.25, 0.3) is 0 Å². The van der Waals surface area contributed by atoms with Gasteiger partial charge in [-0.25, -0.2) is 9.97 Å². The van der Waals surface area contributed by atoms with Crippen LogP contribution in [0.25, 0.3) is 22.4 Å². The van der Waals surface area contributed by atoms with E-state index in [1.54, 1.807) is 63.2 Å². The summed E-state index contributed by atoms with van der Waals surface area (Å²) < 4.78 is 39.7. The molecular formula is C29H28ClF3N6O3. The predicted octanol–water partition coefficient (Wildman–Crippen LogP) is 5.98. The second-order valence-electron chi connectivity index (χ2n) is 11.2. The molecule has 1 aliphatic heterocycles. The van der Waals surface area contributed by atoms with E-state index in [-0.39, 0.29) is 42.0 Å². The topological polar surface area (TPSA) is 136 Å². The van der Waals surface area contributed by atoms with Gasteiger partial charge in [-0.1, -0.05) is 35.9 Å². The zero-order valence-corrected chi connectivity index (χ0v) is 23.8. The summed E-state index contributed by atoms with van der Waals surface area (Å²) in [5.41, 5.74) is 6.86. The molecule has 0 aliphatic carbocycles. The Bertz CT molecular complexity index is 1720. The quantitative estimate of drug-likeness (QED) is 0.226. The Morgan fingerprint density at radius 3 is 2.48 bits per heavy atom. The highest BCUT2D eigenvalue weighted by Gasteiger charge is 2.47. The number of nitrogens with zero attached hydrogens (tertiary/aromatic N) is 4. The molecule has 13 heteroatoms. The van der Waals surface area contributed by atoms with Crippen molar-refractivity contribution in [3.05, 3.63) is 64.2 Å². The van der Waals surface area contributed by atoms with Crippen LogP contribution in [0.5, 0.6) is 0 Å². The average Bonchev–Trinajstić information content (AvgIpc) is 3.38. The summed E-state index contributed by atoms with van der Waals surface area (Å²) in [5.74, 6) is -0.937. The number of fused-ring (bicyclic) bond motifs is 2. The molecule has 1 unspecified atom stereocenters. The van der Waals surface area contributed by atoms with Gasteiger partial charge < -0.3 is 16.2 Å². The number of carbonyl (C=O) groups excluding carboxylic acids is 1. The number of nitrogen functional groups attached to an aromatic ring is 1. The molecule has 1 atom stereocenters. The second kappa shape index (κ2) is 10.3. The number of nitrogens with one attached hydrogen (secondary N) is 1. The van der Waals surface area contributed by atoms with Crippen molar-refractivity contribution in [3.8, 4) is 11.5 Å². The second-order valence-corrected chi connectivity index (χ2v) is 11.7. The molecule has 0 radical (unpaired) electrons. The average molecular weight is 601 g/mol. The van der Waals surface area contributed by atoms with Crippen molar-refractivity contribution in [1.82, 2.24) is 19.7 Å². The van der Waals surface area contributed by atoms with E-state index in [1.807, 2.05) is 0 Å². The van der Waals surface area contributed by atoms with Gasteiger partial charge in [0.1, 0.15) is 22.7 Å². The van der Waals surface area contributed by atoms with Crippen molar-refractivity contribution in [1.29, 1.82) is 0 Å². The molecule has 4 N–H and O–H groups in total. The Labute approximate surface area is 243 Å². The molecule has 0 spiro atoms. The molecule has 0 bridgehead atoms. The number of carbonyl (C=O) groups is 2. The van der Waals surface area contributed by atoms with Gasteiger partial charge in [-0.05, 0) is 62.9 Å². The minimum Gasteiger partial charge on any atom is -0.481 e. The van der Waals surface area contributed by atoms with Gasteiger partial charge in [0, 0.05) is 23.4 Å². The highest BCUT2D eigenvalue weighted by Crippen LogP contribution is 2.45. The van der Waals surface area contributed by atoms with Crippen molar-refractivity contribution in [2.24, 2.45) is 5.41 Å². The lowest BCUT2D eigenvalue weighted by atomic mass is 9.77. The van der Waals surface area contributed by atoms with Crippen molar-refractivity contribution >= 4 is 46.0 Å². The normalized spacial score (nSPS) is 17.0. The number of hydrogen-bond acceptors (Lipinski definition) is 6. The van der Waals surface area contributed by atoms with Crippen LogP contribution in [0, 0.1) is 5.41 Å². The minimum atomic E-state index is -4.29. The molecule has 4 aromatic rings. The van der Waals surface area contributed by atoms with Gasteiger partial charge in [0.15, 0.2) is 5.82 Å². The Hall–Kier alpha value is -4.19. The molecule has 0 saturated carbocycles. The van der Waals surface area contributed by atoms with Crippen LogP contribution in [0.1, 0.15) is 50.3 Å². The first-order valence-corrected chi connectivity index (χ1v) is 13.5. The lowest BCUT2D eigenvalue weighted by Crippen LogP contribution is -2.33. The molecular weight excluding hydrogens is 573 g/mol. The van der Waals surface area contributed by atoms with E-state index in [9.17, 15) is 27.9 Å². The monoisotopic (exact) mass is 600 g/mol. The van der Waals surface area contributed by atoms with Gasteiger partial charge in [0.2, 0.25) is 5.91 Å². The molecule has 5 rings (SSSR count). The number of aliphatic carboxylic acids is 1. The van der Waals surface area contributed by atoms with E-state index in [2.05, 4.69) is 20.4 Å². The van der Waals surface area contributed by atoms with Crippen molar-refractivity contribution < 1.29 is 27.9 Å². The molecule has 0 fully saturated rings. The lowest BCUT2D eigenvalue weighted by Gasteiger charge is -2.24. The zero-order chi connectivity index (χ0) is 30.6. The smallest absolute Gasteiger partial charge is 0.389 e. The zero-order valence-electron chi connectivity index (χ0n) is 23.0. The van der Waals surface area contributed by atoms with Gasteiger partial charge >= 0.3 is 12.1 Å². The minimum absolute atomic E-state index is 0.00871. The maximum Gasteiger partial charge on any atom is 0.389 e. The summed E-state index contributed by atoms with van der Waals surface area (Å²) in [7, 11) is 0. The number of alkyl halides is 3. The number of aryl methyl sites for hydroxylation is 1. The molecule has 1 aliphatic rings. The van der Waals surface area contributed by atoms with Gasteiger partial charge in [-0.15, -0.1) is 0 Å². The number of halogens is 4. The summed E-state index contributed by atoms with van der Waals surface area (Å²) in [4.78, 5) is 34.0. The molecule has 42 heavy (non-hydrogen) atoms. The van der Waals surface area contributed by atoms with Crippen LogP contribution >= 0.6 is 11.6 Å². The number of carboxylic acid groups (broad SMARTS) is 1. The van der Waals surface area contributed by atoms with E-state index >= 15 is 0 Å².